The molecule has 0 saturated carbocycles. The molecule has 1 aromatic heterocycles. The minimum atomic E-state index is -0.838. The zero-order valence-electron chi connectivity index (χ0n) is 22.7. The number of anilines is 1. The number of benzene rings is 2. The minimum absolute atomic E-state index is 0.255. The lowest BCUT2D eigenvalue weighted by Gasteiger charge is -2.22. The monoisotopic (exact) mass is 548 g/mol. The predicted molar refractivity (Wildman–Crippen MR) is 157 cm³/mol. The Morgan fingerprint density at radius 3 is 2.33 bits per heavy atom. The average Bonchev–Trinajstić information content (AvgIpc) is 2.97. The number of aryl methyl sites for hydroxylation is 1. The third-order valence-electron chi connectivity index (χ3n) is 6.45. The number of nitrogens with zero attached hydrogens (tertiary/aromatic N) is 2. The molecule has 0 aliphatic heterocycles. The first-order chi connectivity index (χ1) is 19.4. The molecule has 0 aliphatic rings. The van der Waals surface area contributed by atoms with Crippen LogP contribution in [0.4, 0.5) is 10.5 Å². The van der Waals surface area contributed by atoms with Crippen LogP contribution in [0.25, 0.3) is 10.9 Å². The summed E-state index contributed by atoms with van der Waals surface area (Å²) in [6, 6.07) is 17.3. The largest absolute Gasteiger partial charge is 0.343 e. The van der Waals surface area contributed by atoms with Gasteiger partial charge in [0.2, 0.25) is 11.8 Å². The highest BCUT2D eigenvalue weighted by atomic mass is 16.2. The van der Waals surface area contributed by atoms with Gasteiger partial charge >= 0.3 is 6.03 Å². The highest BCUT2D eigenvalue weighted by Gasteiger charge is 2.24. The van der Waals surface area contributed by atoms with Crippen molar-refractivity contribution in [1.82, 2.24) is 20.5 Å². The summed E-state index contributed by atoms with van der Waals surface area (Å²) in [7, 11) is 0. The van der Waals surface area contributed by atoms with Crippen molar-refractivity contribution >= 4 is 34.4 Å². The smallest absolute Gasteiger partial charge is 0.317 e. The van der Waals surface area contributed by atoms with Gasteiger partial charge in [-0.1, -0.05) is 48.5 Å². The van der Waals surface area contributed by atoms with E-state index in [-0.39, 0.29) is 11.9 Å². The minimum Gasteiger partial charge on any atom is -0.343 e. The third-order valence-corrected chi connectivity index (χ3v) is 6.45. The number of amides is 4. The van der Waals surface area contributed by atoms with Crippen LogP contribution < -0.4 is 33.2 Å². The van der Waals surface area contributed by atoms with Gasteiger partial charge in [0, 0.05) is 38.1 Å². The molecule has 0 fully saturated rings. The number of nitrogens with two attached hydrogens (primary N) is 3. The maximum Gasteiger partial charge on any atom is 0.317 e. The average molecular weight is 549 g/mol. The van der Waals surface area contributed by atoms with Gasteiger partial charge in [0.25, 0.3) is 0 Å². The Morgan fingerprint density at radius 2 is 1.60 bits per heavy atom. The summed E-state index contributed by atoms with van der Waals surface area (Å²) in [6.07, 6.45) is 3.41. The van der Waals surface area contributed by atoms with Gasteiger partial charge in [-0.2, -0.15) is 0 Å². The van der Waals surface area contributed by atoms with Crippen molar-refractivity contribution in [2.75, 3.05) is 38.0 Å². The number of hydrogen-bond donors (Lipinski definition) is 6. The van der Waals surface area contributed by atoms with Crippen LogP contribution in [0.3, 0.4) is 0 Å². The normalized spacial score (nSPS) is 12.4. The molecule has 0 radical (unpaired) electrons. The van der Waals surface area contributed by atoms with Gasteiger partial charge in [-0.05, 0) is 43.4 Å². The number of aromatic nitrogens is 1. The van der Waals surface area contributed by atoms with Crippen LogP contribution in [0.15, 0.2) is 66.9 Å². The third kappa shape index (κ3) is 9.60. The second-order valence-corrected chi connectivity index (χ2v) is 9.54. The first kappa shape index (κ1) is 30.5. The number of carbonyl (C=O) groups is 3. The highest BCUT2D eigenvalue weighted by Crippen LogP contribution is 2.17. The second kappa shape index (κ2) is 16.1. The number of para-hydroxylation sites is 1. The molecule has 9 N–H and O–H groups in total. The predicted octanol–water partition coefficient (Wildman–Crippen LogP) is 1.33. The number of pyridine rings is 1. The molecule has 4 amide bonds. The van der Waals surface area contributed by atoms with Gasteiger partial charge < -0.3 is 38.1 Å². The van der Waals surface area contributed by atoms with E-state index in [1.807, 2.05) is 60.7 Å². The molecule has 214 valence electrons. The Bertz CT molecular complexity index is 1230. The quantitative estimate of drug-likeness (QED) is 0.155. The standard InChI is InChI=1S/C29H40N8O3/c30-14-17-37(18-15-31)29(40)33-16-6-10-24(32)27(38)36-26(13-12-21-7-2-1-3-8-21)28(39)35-23-19-22-9-4-5-11-25(22)34-20-23/h1-5,7-9,11,19-20,24,26H,6,10,12-18,30-32H2,(H,33,40)(H,35,39)(H,36,38)/t24-,26+/m0/s1. The van der Waals surface area contributed by atoms with E-state index in [1.165, 1.54) is 0 Å². The Labute approximate surface area is 234 Å². The van der Waals surface area contributed by atoms with Crippen molar-refractivity contribution in [3.05, 3.63) is 72.4 Å². The number of urea groups is 1. The molecular weight excluding hydrogens is 508 g/mol. The summed E-state index contributed by atoms with van der Waals surface area (Å²) in [5.74, 6) is -0.773. The van der Waals surface area contributed by atoms with Crippen LogP contribution in [0.5, 0.6) is 0 Å². The van der Waals surface area contributed by atoms with E-state index in [0.29, 0.717) is 64.1 Å². The molecule has 0 spiro atoms. The molecule has 11 nitrogen and oxygen atoms in total. The van der Waals surface area contributed by atoms with E-state index >= 15 is 0 Å². The summed E-state index contributed by atoms with van der Waals surface area (Å²) in [5.41, 5.74) is 19.7. The summed E-state index contributed by atoms with van der Waals surface area (Å²) in [6.45, 7) is 1.85. The summed E-state index contributed by atoms with van der Waals surface area (Å²) in [5, 5.41) is 9.41. The Kier molecular flexibility index (Phi) is 12.3. The van der Waals surface area contributed by atoms with E-state index in [4.69, 9.17) is 17.2 Å². The maximum atomic E-state index is 13.3. The van der Waals surface area contributed by atoms with E-state index in [0.717, 1.165) is 16.5 Å². The van der Waals surface area contributed by atoms with Gasteiger partial charge in [-0.25, -0.2) is 4.79 Å². The molecule has 0 bridgehead atoms. The van der Waals surface area contributed by atoms with Crippen molar-refractivity contribution in [2.24, 2.45) is 17.2 Å². The lowest BCUT2D eigenvalue weighted by atomic mass is 10.0. The van der Waals surface area contributed by atoms with Crippen LogP contribution in [-0.2, 0) is 16.0 Å². The topological polar surface area (TPSA) is 181 Å². The molecule has 2 aromatic carbocycles. The lowest BCUT2D eigenvalue weighted by molar-refractivity contribution is -0.127. The number of hydrogen-bond acceptors (Lipinski definition) is 7. The zero-order valence-corrected chi connectivity index (χ0v) is 22.7. The SMILES string of the molecule is NCCN(CCN)C(=O)NCCC[C@H](N)C(=O)N[C@H](CCc1ccccc1)C(=O)Nc1cnc2ccccc2c1. The Balaban J connectivity index is 1.56. The van der Waals surface area contributed by atoms with Crippen molar-refractivity contribution in [2.45, 2.75) is 37.8 Å². The van der Waals surface area contributed by atoms with E-state index in [9.17, 15) is 14.4 Å². The maximum absolute atomic E-state index is 13.3. The van der Waals surface area contributed by atoms with Gasteiger partial charge in [0.05, 0.1) is 23.4 Å². The number of nitrogens with one attached hydrogen (secondary N) is 3. The fourth-order valence-electron chi connectivity index (χ4n) is 4.26. The van der Waals surface area contributed by atoms with Crippen LogP contribution >= 0.6 is 0 Å². The van der Waals surface area contributed by atoms with E-state index < -0.39 is 18.0 Å². The van der Waals surface area contributed by atoms with Crippen LogP contribution in [0.1, 0.15) is 24.8 Å². The molecule has 0 unspecified atom stereocenters. The van der Waals surface area contributed by atoms with Crippen molar-refractivity contribution in [3.8, 4) is 0 Å². The molecular formula is C29H40N8O3. The zero-order chi connectivity index (χ0) is 28.7. The molecule has 2 atom stereocenters. The highest BCUT2D eigenvalue weighted by molar-refractivity contribution is 5.98. The Morgan fingerprint density at radius 1 is 0.900 bits per heavy atom. The fraction of sp³-hybridized carbons (Fsp3) is 0.379. The fourth-order valence-corrected chi connectivity index (χ4v) is 4.26. The molecule has 0 aliphatic carbocycles. The number of fused-ring (bicyclic) bond motifs is 1. The first-order valence-electron chi connectivity index (χ1n) is 13.6. The summed E-state index contributed by atoms with van der Waals surface area (Å²) >= 11 is 0. The molecule has 3 rings (SSSR count). The van der Waals surface area contributed by atoms with Gasteiger partial charge in [-0.3, -0.25) is 14.6 Å². The molecule has 11 heteroatoms. The van der Waals surface area contributed by atoms with E-state index in [2.05, 4.69) is 20.9 Å². The van der Waals surface area contributed by atoms with Crippen molar-refractivity contribution in [1.29, 1.82) is 0 Å². The lowest BCUT2D eigenvalue weighted by Crippen LogP contribution is -2.50. The molecule has 3 aromatic rings. The van der Waals surface area contributed by atoms with Crippen molar-refractivity contribution < 1.29 is 14.4 Å². The summed E-state index contributed by atoms with van der Waals surface area (Å²) < 4.78 is 0. The van der Waals surface area contributed by atoms with Gasteiger partial charge in [0.1, 0.15) is 6.04 Å². The molecule has 1 heterocycles. The second-order valence-electron chi connectivity index (χ2n) is 9.54. The number of rotatable bonds is 15. The Hall–Kier alpha value is -4.06. The van der Waals surface area contributed by atoms with Gasteiger partial charge in [-0.15, -0.1) is 0 Å². The van der Waals surface area contributed by atoms with Crippen LogP contribution in [-0.4, -0.2) is 72.5 Å². The molecule has 0 saturated heterocycles. The summed E-state index contributed by atoms with van der Waals surface area (Å²) in [4.78, 5) is 44.4. The molecule has 40 heavy (non-hydrogen) atoms. The van der Waals surface area contributed by atoms with Crippen LogP contribution in [0, 0.1) is 0 Å². The van der Waals surface area contributed by atoms with Gasteiger partial charge in [0.15, 0.2) is 0 Å². The first-order valence-corrected chi connectivity index (χ1v) is 13.6. The van der Waals surface area contributed by atoms with Crippen molar-refractivity contribution in [3.63, 3.8) is 0 Å². The van der Waals surface area contributed by atoms with Crippen LogP contribution in [0.2, 0.25) is 0 Å². The number of carbonyl (C=O) groups excluding carboxylic acids is 3. The van der Waals surface area contributed by atoms with E-state index in [1.54, 1.807) is 11.1 Å².